The fourth-order valence-corrected chi connectivity index (χ4v) is 5.47. The summed E-state index contributed by atoms with van der Waals surface area (Å²) < 4.78 is 20.4. The smallest absolute Gasteiger partial charge is 0.434 e. The number of nitrogen functional groups attached to an aromatic ring is 1. The number of carbonyl (C=O) groups excluding carboxylic acids is 4. The molecule has 1 fully saturated rings. The van der Waals surface area contributed by atoms with Gasteiger partial charge in [0.2, 0.25) is 6.29 Å². The maximum absolute atomic E-state index is 13.2. The van der Waals surface area contributed by atoms with Crippen LogP contribution in [0.4, 0.5) is 9.93 Å². The Balaban J connectivity index is 1.71. The second kappa shape index (κ2) is 14.1. The monoisotopic (exact) mass is 585 g/mol. The number of amides is 2. The second-order valence-electron chi connectivity index (χ2n) is 8.22. The minimum absolute atomic E-state index is 0.0265. The number of anilines is 1. The molecule has 1 saturated heterocycles. The number of fused-ring (bicyclic) bond motifs is 1. The lowest BCUT2D eigenvalue weighted by atomic mass is 10.0. The van der Waals surface area contributed by atoms with Crippen molar-refractivity contribution in [2.45, 2.75) is 51.3 Å². The molecule has 39 heavy (non-hydrogen) atoms. The van der Waals surface area contributed by atoms with Crippen molar-refractivity contribution in [2.75, 3.05) is 38.4 Å². The summed E-state index contributed by atoms with van der Waals surface area (Å²) >= 11 is 2.47. The van der Waals surface area contributed by atoms with Gasteiger partial charge in [0.05, 0.1) is 13.2 Å². The Bertz CT molecular complexity index is 1140. The number of rotatable bonds is 13. The van der Waals surface area contributed by atoms with Crippen molar-refractivity contribution in [1.29, 1.82) is 0 Å². The van der Waals surface area contributed by atoms with Crippen LogP contribution in [0.2, 0.25) is 0 Å². The van der Waals surface area contributed by atoms with E-state index in [2.05, 4.69) is 15.5 Å². The van der Waals surface area contributed by atoms with Gasteiger partial charge in [0, 0.05) is 25.2 Å². The number of nitrogens with zero attached hydrogens (tertiary/aromatic N) is 3. The van der Waals surface area contributed by atoms with Crippen LogP contribution >= 0.6 is 23.1 Å². The first kappa shape index (κ1) is 30.2. The highest BCUT2D eigenvalue weighted by atomic mass is 32.2. The van der Waals surface area contributed by atoms with Crippen LogP contribution in [0.3, 0.4) is 0 Å². The topological polar surface area (TPSA) is 181 Å². The first-order valence-corrected chi connectivity index (χ1v) is 14.1. The van der Waals surface area contributed by atoms with Gasteiger partial charge < -0.3 is 34.8 Å². The van der Waals surface area contributed by atoms with E-state index >= 15 is 0 Å². The van der Waals surface area contributed by atoms with E-state index < -0.39 is 41.6 Å². The zero-order valence-electron chi connectivity index (χ0n) is 22.0. The van der Waals surface area contributed by atoms with Gasteiger partial charge in [0.1, 0.15) is 29.4 Å². The molecule has 2 aliphatic rings. The minimum Gasteiger partial charge on any atom is -0.434 e. The van der Waals surface area contributed by atoms with Crippen LogP contribution in [0.5, 0.6) is 0 Å². The maximum atomic E-state index is 13.2. The Morgan fingerprint density at radius 3 is 2.72 bits per heavy atom. The van der Waals surface area contributed by atoms with Gasteiger partial charge in [-0.2, -0.15) is 0 Å². The van der Waals surface area contributed by atoms with Crippen molar-refractivity contribution in [1.82, 2.24) is 15.2 Å². The lowest BCUT2D eigenvalue weighted by Gasteiger charge is -2.49. The van der Waals surface area contributed by atoms with Gasteiger partial charge in [-0.3, -0.25) is 14.5 Å². The zero-order chi connectivity index (χ0) is 28.5. The Morgan fingerprint density at radius 1 is 1.31 bits per heavy atom. The summed E-state index contributed by atoms with van der Waals surface area (Å²) in [6.07, 6.45) is -0.744. The van der Waals surface area contributed by atoms with Crippen molar-refractivity contribution in [2.24, 2.45) is 5.16 Å². The first-order valence-electron chi connectivity index (χ1n) is 12.1. The summed E-state index contributed by atoms with van der Waals surface area (Å²) in [6.45, 7) is 5.46. The second-order valence-corrected chi connectivity index (χ2v) is 10.2. The SMILES string of the molecule is CCCCOC(=O)OC(C)OC(=O)C1=C(COC)CS[C@H]2C(NC(=O)C(=NOCC)c3csc(N)n3)C(=O)N12. The fourth-order valence-electron chi connectivity index (χ4n) is 3.60. The molecule has 3 N–H and O–H groups in total. The molecule has 2 amide bonds. The van der Waals surface area contributed by atoms with Crippen LogP contribution in [-0.4, -0.2) is 89.9 Å². The zero-order valence-corrected chi connectivity index (χ0v) is 23.6. The standard InChI is InChI=1S/C23H31N5O9S2/c1-5-7-8-34-23(32)37-12(3)36-21(31)17-13(9-33-4)10-38-20-16(19(30)28(17)20)26-18(29)15(27-35-6-2)14-11-39-22(24)25-14/h11-12,16,20H,5-10H2,1-4H3,(H2,24,25)(H,26,29)/t12?,16?,20-/m0/s1. The Hall–Kier alpha value is -3.37. The van der Waals surface area contributed by atoms with Gasteiger partial charge in [-0.05, 0) is 18.9 Å². The van der Waals surface area contributed by atoms with Crippen LogP contribution in [0.25, 0.3) is 0 Å². The van der Waals surface area contributed by atoms with Crippen molar-refractivity contribution in [3.8, 4) is 0 Å². The Morgan fingerprint density at radius 2 is 2.08 bits per heavy atom. The van der Waals surface area contributed by atoms with Gasteiger partial charge in [0.25, 0.3) is 11.8 Å². The number of methoxy groups -OCH3 is 1. The highest BCUT2D eigenvalue weighted by Gasteiger charge is 2.55. The maximum Gasteiger partial charge on any atom is 0.511 e. The summed E-state index contributed by atoms with van der Waals surface area (Å²) in [6, 6.07) is -0.959. The van der Waals surface area contributed by atoms with Crippen LogP contribution < -0.4 is 11.1 Å². The largest absolute Gasteiger partial charge is 0.511 e. The molecule has 0 spiro atoms. The van der Waals surface area contributed by atoms with Gasteiger partial charge in [-0.25, -0.2) is 14.6 Å². The molecule has 3 atom stereocenters. The molecule has 0 aliphatic carbocycles. The lowest BCUT2D eigenvalue weighted by molar-refractivity contribution is -0.169. The van der Waals surface area contributed by atoms with Crippen molar-refractivity contribution in [3.05, 3.63) is 22.3 Å². The molecule has 3 heterocycles. The van der Waals surface area contributed by atoms with E-state index in [1.54, 1.807) is 12.3 Å². The molecule has 2 unspecified atom stereocenters. The molecule has 0 saturated carbocycles. The van der Waals surface area contributed by atoms with Gasteiger partial charge in [0.15, 0.2) is 10.8 Å². The third kappa shape index (κ3) is 7.39. The minimum atomic E-state index is -1.27. The molecular formula is C23H31N5O9S2. The van der Waals surface area contributed by atoms with Crippen LogP contribution in [0, 0.1) is 0 Å². The molecular weight excluding hydrogens is 554 g/mol. The van der Waals surface area contributed by atoms with Gasteiger partial charge in [-0.15, -0.1) is 23.1 Å². The third-order valence-corrected chi connectivity index (χ3v) is 7.38. The summed E-state index contributed by atoms with van der Waals surface area (Å²) in [7, 11) is 1.45. The van der Waals surface area contributed by atoms with Crippen LogP contribution in [0.1, 0.15) is 39.3 Å². The van der Waals surface area contributed by atoms with E-state index in [0.717, 1.165) is 17.8 Å². The van der Waals surface area contributed by atoms with Gasteiger partial charge in [-0.1, -0.05) is 18.5 Å². The molecule has 3 rings (SSSR count). The average Bonchev–Trinajstić information content (AvgIpc) is 3.33. The number of aromatic nitrogens is 1. The molecule has 0 aromatic carbocycles. The predicted octanol–water partition coefficient (Wildman–Crippen LogP) is 1.61. The van der Waals surface area contributed by atoms with Crippen molar-refractivity contribution < 1.29 is 43.0 Å². The predicted molar refractivity (Wildman–Crippen MR) is 142 cm³/mol. The Labute approximate surface area is 233 Å². The van der Waals surface area contributed by atoms with Crippen LogP contribution in [-0.2, 0) is 38.2 Å². The third-order valence-electron chi connectivity index (χ3n) is 5.36. The number of nitrogens with one attached hydrogen (secondary N) is 1. The van der Waals surface area contributed by atoms with E-state index in [9.17, 15) is 19.2 Å². The molecule has 0 bridgehead atoms. The molecule has 0 radical (unpaired) electrons. The fraction of sp³-hybridized carbons (Fsp3) is 0.565. The van der Waals surface area contributed by atoms with Crippen molar-refractivity contribution in [3.63, 3.8) is 0 Å². The van der Waals surface area contributed by atoms with Crippen molar-refractivity contribution >= 4 is 57.9 Å². The number of carbonyl (C=O) groups is 4. The summed E-state index contributed by atoms with van der Waals surface area (Å²) in [5.74, 6) is -1.78. The number of oxime groups is 1. The number of thioether (sulfide) groups is 1. The van der Waals surface area contributed by atoms with E-state index in [1.165, 1.54) is 30.7 Å². The van der Waals surface area contributed by atoms with Crippen LogP contribution in [0.15, 0.2) is 21.8 Å². The van der Waals surface area contributed by atoms with E-state index in [0.29, 0.717) is 17.7 Å². The lowest BCUT2D eigenvalue weighted by Crippen LogP contribution is -2.71. The average molecular weight is 586 g/mol. The normalized spacial score (nSPS) is 19.5. The number of hydrogen-bond donors (Lipinski definition) is 2. The summed E-state index contributed by atoms with van der Waals surface area (Å²) in [4.78, 5) is 61.5. The number of unbranched alkanes of at least 4 members (excludes halogenated alkanes) is 1. The van der Waals surface area contributed by atoms with E-state index in [4.69, 9.17) is 29.5 Å². The quantitative estimate of drug-likeness (QED) is 0.0853. The number of nitrogens with two attached hydrogens (primary N) is 1. The first-order chi connectivity index (χ1) is 18.7. The summed E-state index contributed by atoms with van der Waals surface area (Å²) in [5.41, 5.74) is 6.24. The van der Waals surface area contributed by atoms with E-state index in [1.807, 2.05) is 6.92 Å². The molecule has 14 nitrogen and oxygen atoms in total. The number of ether oxygens (including phenoxy) is 4. The molecule has 16 heteroatoms. The number of β-lactam (4-membered cyclic amide) rings is 1. The number of esters is 1. The highest BCUT2D eigenvalue weighted by molar-refractivity contribution is 8.00. The highest BCUT2D eigenvalue weighted by Crippen LogP contribution is 2.41. The molecule has 214 valence electrons. The van der Waals surface area contributed by atoms with Gasteiger partial charge >= 0.3 is 12.1 Å². The van der Waals surface area contributed by atoms with E-state index in [-0.39, 0.29) is 42.1 Å². The summed E-state index contributed by atoms with van der Waals surface area (Å²) in [5, 5.41) is 7.67. The molecule has 2 aliphatic heterocycles. The number of hydrogen-bond acceptors (Lipinski definition) is 14. The Kier molecular flexibility index (Phi) is 10.9. The molecule has 1 aromatic rings. The number of thiazole rings is 1. The molecule has 1 aromatic heterocycles.